The van der Waals surface area contributed by atoms with E-state index in [-0.39, 0.29) is 24.0 Å². The number of benzene rings is 1. The smallest absolute Gasteiger partial charge is 0.231 e. The minimum atomic E-state index is 0. The molecule has 7 heteroatoms. The molecule has 0 spiro atoms. The van der Waals surface area contributed by atoms with Crippen LogP contribution in [-0.4, -0.2) is 47.3 Å². The van der Waals surface area contributed by atoms with E-state index < -0.39 is 0 Å². The second-order valence-electron chi connectivity index (χ2n) is 6.51. The molecule has 0 N–H and O–H groups in total. The van der Waals surface area contributed by atoms with Gasteiger partial charge in [-0.05, 0) is 18.2 Å². The molecule has 24 heavy (non-hydrogen) atoms. The fourth-order valence-corrected chi connectivity index (χ4v) is 2.63. The van der Waals surface area contributed by atoms with Crippen LogP contribution in [0.2, 0.25) is 5.02 Å². The molecule has 128 valence electrons. The van der Waals surface area contributed by atoms with Gasteiger partial charge in [-0.2, -0.15) is 0 Å². The number of hydrogen-bond donors (Lipinski definition) is 0. The van der Waals surface area contributed by atoms with E-state index in [0.29, 0.717) is 10.9 Å². The van der Waals surface area contributed by atoms with Gasteiger partial charge < -0.3 is 33.2 Å². The standard InChI is InChI=1S/C17H20ClN4O.HI/c1-22(2,3)11-14-17(12-5-7-13(18)8-6-12)19-15-9-10-16(23-4)20-21(14)15;/h5-10H,11H2,1-4H3;1H/q+1;/p-1. The number of imidazole rings is 1. The highest BCUT2D eigenvalue weighted by Crippen LogP contribution is 2.27. The average Bonchev–Trinajstić information content (AvgIpc) is 2.84. The zero-order valence-corrected chi connectivity index (χ0v) is 17.0. The van der Waals surface area contributed by atoms with E-state index >= 15 is 0 Å². The largest absolute Gasteiger partial charge is 1.00 e. The Labute approximate surface area is 163 Å². The first kappa shape index (κ1) is 19.0. The van der Waals surface area contributed by atoms with E-state index in [1.54, 1.807) is 7.11 Å². The Bertz CT molecular complexity index is 840. The van der Waals surface area contributed by atoms with Gasteiger partial charge in [-0.1, -0.05) is 23.7 Å². The van der Waals surface area contributed by atoms with E-state index in [9.17, 15) is 0 Å². The molecule has 5 nitrogen and oxygen atoms in total. The molecule has 0 fully saturated rings. The van der Waals surface area contributed by atoms with Gasteiger partial charge in [0.25, 0.3) is 0 Å². The lowest BCUT2D eigenvalue weighted by molar-refractivity contribution is -0.884. The summed E-state index contributed by atoms with van der Waals surface area (Å²) in [5, 5.41) is 5.25. The highest BCUT2D eigenvalue weighted by molar-refractivity contribution is 6.30. The van der Waals surface area contributed by atoms with Crippen molar-refractivity contribution in [3.63, 3.8) is 0 Å². The molecule has 2 heterocycles. The van der Waals surface area contributed by atoms with Crippen LogP contribution in [0.1, 0.15) is 5.69 Å². The number of hydrogen-bond acceptors (Lipinski definition) is 3. The summed E-state index contributed by atoms with van der Waals surface area (Å²) in [7, 11) is 8.05. The highest BCUT2D eigenvalue weighted by Gasteiger charge is 2.21. The number of ether oxygens (including phenoxy) is 1. The first-order valence-electron chi connectivity index (χ1n) is 7.36. The van der Waals surface area contributed by atoms with Crippen molar-refractivity contribution in [1.82, 2.24) is 14.6 Å². The van der Waals surface area contributed by atoms with E-state index in [1.165, 1.54) is 0 Å². The van der Waals surface area contributed by atoms with E-state index in [2.05, 4.69) is 26.2 Å². The molecule has 0 aliphatic carbocycles. The summed E-state index contributed by atoms with van der Waals surface area (Å²) < 4.78 is 7.89. The molecule has 0 aliphatic rings. The van der Waals surface area contributed by atoms with Crippen LogP contribution >= 0.6 is 11.6 Å². The molecular weight excluding hydrogens is 439 g/mol. The van der Waals surface area contributed by atoms with Crippen molar-refractivity contribution in [2.45, 2.75) is 6.54 Å². The molecule has 0 bridgehead atoms. The SMILES string of the molecule is COc1ccc2nc(-c3ccc(Cl)cc3)c(C[N+](C)(C)C)n2n1.[I-]. The minimum Gasteiger partial charge on any atom is -1.00 e. The summed E-state index contributed by atoms with van der Waals surface area (Å²) in [4.78, 5) is 4.76. The van der Waals surface area contributed by atoms with Crippen molar-refractivity contribution in [3.8, 4) is 17.1 Å². The quantitative estimate of drug-likeness (QED) is 0.416. The van der Waals surface area contributed by atoms with Gasteiger partial charge in [0.15, 0.2) is 5.65 Å². The Morgan fingerprint density at radius 3 is 2.33 bits per heavy atom. The Balaban J connectivity index is 0.00000208. The van der Waals surface area contributed by atoms with Gasteiger partial charge >= 0.3 is 0 Å². The van der Waals surface area contributed by atoms with Crippen molar-refractivity contribution in [2.75, 3.05) is 28.3 Å². The Hall–Kier alpha value is -1.38. The summed E-state index contributed by atoms with van der Waals surface area (Å²) in [6.45, 7) is 0.791. The van der Waals surface area contributed by atoms with Crippen molar-refractivity contribution < 1.29 is 33.2 Å². The van der Waals surface area contributed by atoms with E-state index in [0.717, 1.165) is 33.6 Å². The maximum absolute atomic E-state index is 6.01. The summed E-state index contributed by atoms with van der Waals surface area (Å²) in [5.41, 5.74) is 3.81. The molecule has 0 saturated carbocycles. The normalized spacial score (nSPS) is 11.4. The van der Waals surface area contributed by atoms with Crippen LogP contribution in [0.4, 0.5) is 0 Å². The van der Waals surface area contributed by atoms with Crippen LogP contribution < -0.4 is 28.7 Å². The Kier molecular flexibility index (Phi) is 5.72. The summed E-state index contributed by atoms with van der Waals surface area (Å²) in [6, 6.07) is 11.5. The van der Waals surface area contributed by atoms with Crippen molar-refractivity contribution >= 4 is 17.2 Å². The molecule has 2 aromatic heterocycles. The monoisotopic (exact) mass is 458 g/mol. The molecule has 3 rings (SSSR count). The van der Waals surface area contributed by atoms with Crippen LogP contribution in [0.3, 0.4) is 0 Å². The van der Waals surface area contributed by atoms with Gasteiger partial charge in [-0.3, -0.25) is 0 Å². The van der Waals surface area contributed by atoms with E-state index in [1.807, 2.05) is 40.9 Å². The molecule has 1 aromatic carbocycles. The molecule has 0 atom stereocenters. The van der Waals surface area contributed by atoms with Crippen LogP contribution in [0.5, 0.6) is 5.88 Å². The topological polar surface area (TPSA) is 39.4 Å². The second kappa shape index (κ2) is 7.25. The number of fused-ring (bicyclic) bond motifs is 1. The fraction of sp³-hybridized carbons (Fsp3) is 0.294. The first-order valence-corrected chi connectivity index (χ1v) is 7.74. The number of rotatable bonds is 4. The number of aromatic nitrogens is 3. The second-order valence-corrected chi connectivity index (χ2v) is 6.94. The molecule has 0 radical (unpaired) electrons. The number of quaternary nitrogens is 1. The third-order valence-corrected chi connectivity index (χ3v) is 3.75. The summed E-state index contributed by atoms with van der Waals surface area (Å²) >= 11 is 6.01. The Morgan fingerprint density at radius 2 is 1.75 bits per heavy atom. The van der Waals surface area contributed by atoms with Gasteiger partial charge in [0, 0.05) is 16.7 Å². The maximum atomic E-state index is 6.01. The van der Waals surface area contributed by atoms with Crippen molar-refractivity contribution in [3.05, 3.63) is 47.1 Å². The zero-order chi connectivity index (χ0) is 16.6. The maximum Gasteiger partial charge on any atom is 0.231 e. The highest BCUT2D eigenvalue weighted by atomic mass is 127. The number of methoxy groups -OCH3 is 1. The first-order chi connectivity index (χ1) is 10.9. The molecule has 0 unspecified atom stereocenters. The van der Waals surface area contributed by atoms with Crippen LogP contribution in [0.25, 0.3) is 16.9 Å². The predicted molar refractivity (Wildman–Crippen MR) is 91.7 cm³/mol. The lowest BCUT2D eigenvalue weighted by Crippen LogP contribution is -3.00. The van der Waals surface area contributed by atoms with Gasteiger partial charge in [0.1, 0.15) is 17.9 Å². The van der Waals surface area contributed by atoms with Gasteiger partial charge in [-0.25, -0.2) is 9.50 Å². The molecule has 0 saturated heterocycles. The van der Waals surface area contributed by atoms with Gasteiger partial charge in [-0.15, -0.1) is 5.10 Å². The fourth-order valence-electron chi connectivity index (χ4n) is 2.50. The lowest BCUT2D eigenvalue weighted by Gasteiger charge is -2.23. The van der Waals surface area contributed by atoms with Crippen molar-refractivity contribution in [2.24, 2.45) is 0 Å². The number of halogens is 2. The van der Waals surface area contributed by atoms with Gasteiger partial charge in [0.2, 0.25) is 5.88 Å². The zero-order valence-electron chi connectivity index (χ0n) is 14.1. The van der Waals surface area contributed by atoms with E-state index in [4.69, 9.17) is 21.3 Å². The van der Waals surface area contributed by atoms with Crippen molar-refractivity contribution in [1.29, 1.82) is 0 Å². The summed E-state index contributed by atoms with van der Waals surface area (Å²) in [6.07, 6.45) is 0. The van der Waals surface area contributed by atoms with Gasteiger partial charge in [0.05, 0.1) is 28.3 Å². The lowest BCUT2D eigenvalue weighted by atomic mass is 10.1. The Morgan fingerprint density at radius 1 is 1.08 bits per heavy atom. The molecule has 0 amide bonds. The molecular formula is C17H20ClIN4O. The van der Waals surface area contributed by atoms with Crippen LogP contribution in [0.15, 0.2) is 36.4 Å². The third kappa shape index (κ3) is 3.99. The summed E-state index contributed by atoms with van der Waals surface area (Å²) in [5.74, 6) is 0.570. The molecule has 0 aliphatic heterocycles. The third-order valence-electron chi connectivity index (χ3n) is 3.50. The predicted octanol–water partition coefficient (Wildman–Crippen LogP) is 0.269. The average molecular weight is 459 g/mol. The van der Waals surface area contributed by atoms with Crippen LogP contribution in [-0.2, 0) is 6.54 Å². The van der Waals surface area contributed by atoms with Crippen LogP contribution in [0, 0.1) is 0 Å². The molecule has 3 aromatic rings. The number of nitrogens with zero attached hydrogens (tertiary/aromatic N) is 4. The minimum absolute atomic E-state index is 0.